The van der Waals surface area contributed by atoms with Crippen molar-refractivity contribution < 1.29 is 110 Å². The SMILES string of the molecule is CC.CC.CC.CC.CC(C)(C)OC(=O)N[C@@H]1C[C@@H](C(=O)O)N(C(=O)OCC2c3ccccc3-c3ccccc32)C1.CC[C@@H](/C=N/NC(=O)NCC1CCC(C(=O)NC)CC1)NC(=O)[C@@H]1C[C@@H]([NH-])CC1[C@@H](O)OCC1c2ccccc2-c2ccccc21.CC[C@@H](/C=N/NC(=O)NCC1CCC(C(=O)NC)CC1)NC(=O)[C@@H]1C[C@H](N)CN1C(=O)OCC1c2ccccc2-c2ccccc21.[CH3-].[Y]. The number of carbonyl (C=O) groups excluding carboxylic acids is 9. The molecule has 135 heavy (non-hydrogen) atoms. The van der Waals surface area contributed by atoms with Crippen molar-refractivity contribution in [1.82, 2.24) is 57.9 Å². The summed E-state index contributed by atoms with van der Waals surface area (Å²) in [6.45, 7) is 26.8. The predicted molar refractivity (Wildman–Crippen MR) is 524 cm³/mol. The summed E-state index contributed by atoms with van der Waals surface area (Å²) in [6.07, 6.45) is 8.83. The number of alkyl carbamates (subject to hydrolysis) is 1. The Morgan fingerprint density at radius 1 is 0.496 bits per heavy atom. The summed E-state index contributed by atoms with van der Waals surface area (Å²) < 4.78 is 22.7. The second-order valence-electron chi connectivity index (χ2n) is 34.7. The van der Waals surface area contributed by atoms with Crippen LogP contribution >= 0.6 is 0 Å². The average Bonchev–Trinajstić information content (AvgIpc) is 1.62. The number of nitrogens with one attached hydrogen (secondary N) is 10. The molecule has 2 heterocycles. The third-order valence-electron chi connectivity index (χ3n) is 25.2. The zero-order valence-electron chi connectivity index (χ0n) is 81.7. The molecule has 2 aliphatic heterocycles. The van der Waals surface area contributed by atoms with Crippen LogP contribution < -0.4 is 53.8 Å². The molecule has 735 valence electrons. The van der Waals surface area contributed by atoms with Gasteiger partial charge in [0, 0.05) is 139 Å². The number of carboxylic acids is 1. The van der Waals surface area contributed by atoms with Gasteiger partial charge in [-0.3, -0.25) is 29.0 Å². The van der Waals surface area contributed by atoms with E-state index >= 15 is 0 Å². The molecule has 0 bridgehead atoms. The summed E-state index contributed by atoms with van der Waals surface area (Å²) in [7, 11) is 3.31. The van der Waals surface area contributed by atoms with Crippen LogP contribution in [0.4, 0.5) is 24.0 Å². The summed E-state index contributed by atoms with van der Waals surface area (Å²) in [5, 5.41) is 48.5. The fourth-order valence-corrected chi connectivity index (χ4v) is 18.6. The number of carboxylic acid groups (broad SMARTS) is 1. The minimum Gasteiger partial charge on any atom is -0.675 e. The largest absolute Gasteiger partial charge is 0.675 e. The quantitative estimate of drug-likeness (QED) is 0.00789. The molecule has 5 fully saturated rings. The standard InChI is InChI=1S/C35H47N6O5.C34H45N7O5.C25H28N2O6.4C2H6.CH3.Y/c1-3-24(19-39-41-35(45)38-18-21-12-14-22(15-13-21)32(42)37-2)40-33(43)29-16-23(36)17-30(29)34(44)46-20-31-27-10-6-4-8-25(27)26-9-5-7-11-28(26)31;1-3-24(18-38-40-33(44)37-17-21-12-14-22(15-13-21)31(42)36-2)39-32(43)30-16-23(35)19-41(30)34(45)46-20-29-27-10-6-4-8-25(27)26-9-5-7-11-28(26)29;1-25(2,3)33-23(30)26-15-12-21(22(28)29)27(13-15)24(31)32-14-20-18-10-6-4-8-16(18)17-9-5-7-11-19(17)20;4*1-2;;/h4-11,19,21-24,29-31,34,36,44H,3,12-18,20H2,1-2H3,(H,37,42)(H,40,43)(H2,38,41,45);4-11,18,21-24,29-30H,3,12-17,19-20,35H2,1-2H3,(H,36,42)(H,39,43)(H2,37,40,44);4-11,15,20-21H,12-14H2,1-3H3,(H,26,30)(H,28,29);4*1-2H3;1H3;/q-1;;;;;;;-1;/b39-19+;38-18+;;;;;;;/t21?,22?,23-,24+,29-,30?,34+;21?,22?,23-,24-,30-;15-,21+;;;;;;/m101....../s1. The van der Waals surface area contributed by atoms with Gasteiger partial charge in [0.15, 0.2) is 6.29 Å². The number of urea groups is 2. The van der Waals surface area contributed by atoms with Crippen molar-refractivity contribution in [2.24, 2.45) is 51.4 Å². The minimum atomic E-state index is -1.18. The van der Waals surface area contributed by atoms with Gasteiger partial charge in [0.05, 0.1) is 24.7 Å². The second kappa shape index (κ2) is 56.7. The van der Waals surface area contributed by atoms with Gasteiger partial charge >= 0.3 is 36.3 Å². The summed E-state index contributed by atoms with van der Waals surface area (Å²) in [5.41, 5.74) is 32.3. The van der Waals surface area contributed by atoms with Gasteiger partial charge in [-0.2, -0.15) is 10.2 Å². The van der Waals surface area contributed by atoms with Gasteiger partial charge in [-0.25, -0.2) is 39.6 Å². The van der Waals surface area contributed by atoms with Crippen LogP contribution in [-0.2, 0) is 75.6 Å². The zero-order valence-corrected chi connectivity index (χ0v) is 84.6. The van der Waals surface area contributed by atoms with E-state index in [0.717, 1.165) is 112 Å². The molecule has 2 saturated heterocycles. The summed E-state index contributed by atoms with van der Waals surface area (Å²) in [4.78, 5) is 128. The molecule has 0 spiro atoms. The first-order valence-electron chi connectivity index (χ1n) is 47.8. The Morgan fingerprint density at radius 2 is 0.852 bits per heavy atom. The molecule has 1 radical (unpaired) electrons. The van der Waals surface area contributed by atoms with Crippen molar-refractivity contribution >= 4 is 72.4 Å². The second-order valence-corrected chi connectivity index (χ2v) is 34.7. The molecule has 3 saturated carbocycles. The maximum Gasteiger partial charge on any atom is 0.410 e. The maximum atomic E-state index is 13.4. The molecule has 6 aromatic carbocycles. The molecule has 0 aromatic heterocycles. The number of hydrazone groups is 2. The molecule has 10 atom stereocenters. The molecule has 14 rings (SSSR count). The fraction of sp³-hybridized carbons (Fsp3) is 0.524. The Labute approximate surface area is 823 Å². The summed E-state index contributed by atoms with van der Waals surface area (Å²) >= 11 is 0. The van der Waals surface area contributed by atoms with E-state index in [9.17, 15) is 58.2 Å². The number of fused-ring (bicyclic) bond motifs is 9. The number of hydrogen-bond donors (Lipinski definition) is 12. The first kappa shape index (κ1) is 113. The molecule has 6 aromatic rings. The van der Waals surface area contributed by atoms with Crippen LogP contribution in [0.5, 0.6) is 0 Å². The van der Waals surface area contributed by atoms with E-state index in [2.05, 4.69) is 107 Å². The number of likely N-dealkylation sites (tertiary alicyclic amines) is 2. The number of aliphatic carboxylic acids is 1. The van der Waals surface area contributed by atoms with Crippen LogP contribution in [-0.4, -0.2) is 207 Å². The Hall–Kier alpha value is -10.7. The summed E-state index contributed by atoms with van der Waals surface area (Å²) in [5.74, 6) is -2.15. The van der Waals surface area contributed by atoms with Crippen LogP contribution in [0.3, 0.4) is 0 Å². The molecule has 8 aliphatic rings. The monoisotopic (exact) mass is 1940 g/mol. The normalized spacial score (nSPS) is 21.4. The predicted octanol–water partition coefficient (Wildman–Crippen LogP) is 15.9. The van der Waals surface area contributed by atoms with Crippen LogP contribution in [0.1, 0.15) is 231 Å². The first-order valence-corrected chi connectivity index (χ1v) is 47.8. The van der Waals surface area contributed by atoms with Gasteiger partial charge in [-0.1, -0.05) is 228 Å². The van der Waals surface area contributed by atoms with E-state index < -0.39 is 96.3 Å². The van der Waals surface area contributed by atoms with Crippen LogP contribution in [0.2, 0.25) is 0 Å². The third kappa shape index (κ3) is 31.2. The van der Waals surface area contributed by atoms with E-state index in [1.165, 1.54) is 28.5 Å². The Bertz CT molecular complexity index is 4730. The zero-order chi connectivity index (χ0) is 97.0. The summed E-state index contributed by atoms with van der Waals surface area (Å²) in [6, 6.07) is 43.7. The number of aliphatic hydroxyl groups is 1. The number of carbonyl (C=O) groups is 10. The maximum absolute atomic E-state index is 13.4. The van der Waals surface area contributed by atoms with Crippen LogP contribution in [0, 0.1) is 42.9 Å². The number of amides is 11. The number of nitrogens with two attached hydrogens (primary N) is 1. The number of ether oxygens (including phenoxy) is 4. The average molecular weight is 1940 g/mol. The molecule has 32 heteroatoms. The Balaban J connectivity index is 0.000000301. The van der Waals surface area contributed by atoms with E-state index in [1.807, 2.05) is 166 Å². The molecule has 11 amide bonds. The van der Waals surface area contributed by atoms with E-state index in [4.69, 9.17) is 30.4 Å². The molecule has 1 unspecified atom stereocenters. The number of rotatable bonds is 26. The van der Waals surface area contributed by atoms with Crippen molar-refractivity contribution in [2.45, 2.75) is 252 Å². The van der Waals surface area contributed by atoms with E-state index in [1.54, 1.807) is 34.9 Å². The van der Waals surface area contributed by atoms with Gasteiger partial charge in [-0.05, 0) is 170 Å². The van der Waals surface area contributed by atoms with Gasteiger partial charge in [-0.15, -0.1) is 6.04 Å². The van der Waals surface area contributed by atoms with Crippen LogP contribution in [0.25, 0.3) is 39.1 Å². The van der Waals surface area contributed by atoms with E-state index in [-0.39, 0.29) is 139 Å². The smallest absolute Gasteiger partial charge is 0.410 e. The Morgan fingerprint density at radius 3 is 1.21 bits per heavy atom. The number of aliphatic hydroxyl groups excluding tert-OH is 1. The Kier molecular flexibility index (Phi) is 47.5. The van der Waals surface area contributed by atoms with Gasteiger partial charge in [0.25, 0.3) is 0 Å². The van der Waals surface area contributed by atoms with Crippen molar-refractivity contribution in [1.29, 1.82) is 0 Å². The van der Waals surface area contributed by atoms with Crippen molar-refractivity contribution in [3.63, 3.8) is 0 Å². The molecular formula is C103H147N15O16Y-2. The number of hydrogen-bond acceptors (Lipinski definition) is 18. The molecule has 31 nitrogen and oxygen atoms in total. The van der Waals surface area contributed by atoms with Gasteiger partial charge in [0.1, 0.15) is 30.9 Å². The third-order valence-corrected chi connectivity index (χ3v) is 25.2. The molecule has 6 aliphatic carbocycles. The fourth-order valence-electron chi connectivity index (χ4n) is 18.6. The molecule has 14 N–H and O–H groups in total. The van der Waals surface area contributed by atoms with E-state index in [0.29, 0.717) is 57.0 Å². The van der Waals surface area contributed by atoms with Crippen LogP contribution in [0.15, 0.2) is 156 Å². The number of nitrogens with zero attached hydrogens (tertiary/aromatic N) is 4. The first-order chi connectivity index (χ1) is 64.2. The van der Waals surface area contributed by atoms with Gasteiger partial charge < -0.3 is 85.3 Å². The molecular weight excluding hydrogens is 1790 g/mol. The topological polar surface area (TPSA) is 437 Å². The van der Waals surface area contributed by atoms with Gasteiger partial charge in [0.2, 0.25) is 23.6 Å². The van der Waals surface area contributed by atoms with Crippen molar-refractivity contribution in [3.8, 4) is 33.4 Å². The van der Waals surface area contributed by atoms with Crippen molar-refractivity contribution in [3.05, 3.63) is 192 Å². The van der Waals surface area contributed by atoms with Crippen molar-refractivity contribution in [2.75, 3.05) is 60.1 Å². The number of benzene rings is 6. The minimum absolute atomic E-state index is 0.